The SMILES string of the molecule is CC1CC(CN)(N(C)C(C)c2cccs2)CC(C)O1. The van der Waals surface area contributed by atoms with E-state index in [9.17, 15) is 0 Å². The van der Waals surface area contributed by atoms with Gasteiger partial charge in [-0.2, -0.15) is 0 Å². The summed E-state index contributed by atoms with van der Waals surface area (Å²) in [6, 6.07) is 4.73. The third kappa shape index (κ3) is 3.02. The second-order valence-corrected chi connectivity index (χ2v) is 6.88. The standard InChI is InChI=1S/C15H26N2OS/c1-11-8-15(10-16,9-12(2)18-11)17(4)13(3)14-6-5-7-19-14/h5-7,11-13H,8-10,16H2,1-4H3. The van der Waals surface area contributed by atoms with Crippen molar-refractivity contribution < 1.29 is 4.74 Å². The average molecular weight is 282 g/mol. The smallest absolute Gasteiger partial charge is 0.0568 e. The summed E-state index contributed by atoms with van der Waals surface area (Å²) in [6.07, 6.45) is 2.59. The topological polar surface area (TPSA) is 38.5 Å². The van der Waals surface area contributed by atoms with Crippen molar-refractivity contribution in [3.63, 3.8) is 0 Å². The van der Waals surface area contributed by atoms with Crippen molar-refractivity contribution in [2.75, 3.05) is 13.6 Å². The van der Waals surface area contributed by atoms with Crippen LogP contribution in [0.5, 0.6) is 0 Å². The van der Waals surface area contributed by atoms with Crippen molar-refractivity contribution >= 4 is 11.3 Å². The molecule has 2 heterocycles. The fourth-order valence-corrected chi connectivity index (χ4v) is 4.20. The van der Waals surface area contributed by atoms with Gasteiger partial charge in [-0.1, -0.05) is 6.07 Å². The Balaban J connectivity index is 2.20. The van der Waals surface area contributed by atoms with Crippen LogP contribution < -0.4 is 5.73 Å². The first-order chi connectivity index (χ1) is 8.98. The van der Waals surface area contributed by atoms with E-state index in [2.05, 4.69) is 50.2 Å². The van der Waals surface area contributed by atoms with Crippen molar-refractivity contribution in [1.29, 1.82) is 0 Å². The molecule has 2 N–H and O–H groups in total. The van der Waals surface area contributed by atoms with Crippen LogP contribution in [0.1, 0.15) is 44.5 Å². The number of nitrogens with two attached hydrogens (primary N) is 1. The second kappa shape index (κ2) is 5.92. The highest BCUT2D eigenvalue weighted by Crippen LogP contribution is 2.38. The molecule has 1 fully saturated rings. The Labute approximate surface area is 120 Å². The van der Waals surface area contributed by atoms with Gasteiger partial charge in [0.1, 0.15) is 0 Å². The molecule has 1 saturated heterocycles. The normalized spacial score (nSPS) is 33.6. The lowest BCUT2D eigenvalue weighted by molar-refractivity contribution is -0.105. The Morgan fingerprint density at radius 1 is 1.47 bits per heavy atom. The van der Waals surface area contributed by atoms with Crippen LogP contribution in [0.3, 0.4) is 0 Å². The van der Waals surface area contributed by atoms with Gasteiger partial charge in [0.15, 0.2) is 0 Å². The van der Waals surface area contributed by atoms with Crippen LogP contribution >= 0.6 is 11.3 Å². The molecule has 2 rings (SSSR count). The van der Waals surface area contributed by atoms with Gasteiger partial charge in [-0.15, -0.1) is 11.3 Å². The van der Waals surface area contributed by atoms with E-state index in [0.29, 0.717) is 12.6 Å². The molecule has 0 bridgehead atoms. The summed E-state index contributed by atoms with van der Waals surface area (Å²) in [5.41, 5.74) is 6.22. The summed E-state index contributed by atoms with van der Waals surface area (Å²) in [6.45, 7) is 7.28. The summed E-state index contributed by atoms with van der Waals surface area (Å²) < 4.78 is 5.88. The number of hydrogen-bond donors (Lipinski definition) is 1. The summed E-state index contributed by atoms with van der Waals surface area (Å²) in [4.78, 5) is 3.87. The van der Waals surface area contributed by atoms with Crippen LogP contribution in [0.2, 0.25) is 0 Å². The Morgan fingerprint density at radius 2 is 2.11 bits per heavy atom. The molecule has 0 saturated carbocycles. The Morgan fingerprint density at radius 3 is 2.58 bits per heavy atom. The van der Waals surface area contributed by atoms with E-state index < -0.39 is 0 Å². The van der Waals surface area contributed by atoms with E-state index in [0.717, 1.165) is 12.8 Å². The van der Waals surface area contributed by atoms with Crippen LogP contribution in [0, 0.1) is 0 Å². The molecule has 0 aromatic carbocycles. The molecule has 3 unspecified atom stereocenters. The Kier molecular flexibility index (Phi) is 4.66. The lowest BCUT2D eigenvalue weighted by Crippen LogP contribution is -2.58. The zero-order valence-corrected chi connectivity index (χ0v) is 13.2. The van der Waals surface area contributed by atoms with Crippen molar-refractivity contribution in [3.05, 3.63) is 22.4 Å². The minimum Gasteiger partial charge on any atom is -0.375 e. The number of rotatable bonds is 4. The third-order valence-corrected chi connectivity index (χ3v) is 5.51. The molecule has 4 heteroatoms. The van der Waals surface area contributed by atoms with Gasteiger partial charge in [0.05, 0.1) is 12.2 Å². The third-order valence-electron chi connectivity index (χ3n) is 4.46. The summed E-state index contributed by atoms with van der Waals surface area (Å²) >= 11 is 1.82. The minimum absolute atomic E-state index is 0.0560. The molecule has 3 nitrogen and oxygen atoms in total. The average Bonchev–Trinajstić information content (AvgIpc) is 2.89. The highest BCUT2D eigenvalue weighted by atomic mass is 32.1. The molecule has 0 spiro atoms. The first-order valence-corrected chi connectivity index (χ1v) is 7.98. The highest BCUT2D eigenvalue weighted by Gasteiger charge is 2.42. The molecule has 108 valence electrons. The zero-order chi connectivity index (χ0) is 14.0. The van der Waals surface area contributed by atoms with Gasteiger partial charge in [0.25, 0.3) is 0 Å². The minimum atomic E-state index is 0.0560. The molecule has 0 aliphatic carbocycles. The fraction of sp³-hybridized carbons (Fsp3) is 0.733. The molecule has 1 aromatic heterocycles. The molecule has 1 aliphatic heterocycles. The molecule has 1 aliphatic rings. The summed E-state index contributed by atoms with van der Waals surface area (Å²) in [5.74, 6) is 0. The van der Waals surface area contributed by atoms with E-state index in [1.165, 1.54) is 4.88 Å². The second-order valence-electron chi connectivity index (χ2n) is 5.90. The number of hydrogen-bond acceptors (Lipinski definition) is 4. The quantitative estimate of drug-likeness (QED) is 0.922. The maximum Gasteiger partial charge on any atom is 0.0568 e. The Bertz CT molecular complexity index is 383. The first kappa shape index (κ1) is 15.0. The van der Waals surface area contributed by atoms with Gasteiger partial charge in [-0.3, -0.25) is 4.90 Å². The largest absolute Gasteiger partial charge is 0.375 e. The molecular weight excluding hydrogens is 256 g/mol. The van der Waals surface area contributed by atoms with E-state index in [1.807, 2.05) is 11.3 Å². The number of ether oxygens (including phenoxy) is 1. The van der Waals surface area contributed by atoms with Gasteiger partial charge in [-0.25, -0.2) is 0 Å². The van der Waals surface area contributed by atoms with E-state index in [-0.39, 0.29) is 17.7 Å². The molecular formula is C15H26N2OS. The van der Waals surface area contributed by atoms with Gasteiger partial charge >= 0.3 is 0 Å². The molecule has 0 amide bonds. The maximum atomic E-state index is 6.16. The summed E-state index contributed by atoms with van der Waals surface area (Å²) in [5, 5.41) is 2.14. The van der Waals surface area contributed by atoms with Gasteiger partial charge in [-0.05, 0) is 52.1 Å². The molecule has 1 aromatic rings. The van der Waals surface area contributed by atoms with Crippen LogP contribution in [0.15, 0.2) is 17.5 Å². The Hall–Kier alpha value is -0.420. The van der Waals surface area contributed by atoms with Crippen molar-refractivity contribution in [2.45, 2.75) is 57.4 Å². The van der Waals surface area contributed by atoms with Gasteiger partial charge in [0, 0.05) is 23.0 Å². The van der Waals surface area contributed by atoms with Gasteiger partial charge < -0.3 is 10.5 Å². The number of nitrogens with zero attached hydrogens (tertiary/aromatic N) is 1. The van der Waals surface area contributed by atoms with Crippen molar-refractivity contribution in [1.82, 2.24) is 4.90 Å². The molecule has 0 radical (unpaired) electrons. The monoisotopic (exact) mass is 282 g/mol. The van der Waals surface area contributed by atoms with Crippen molar-refractivity contribution in [2.24, 2.45) is 5.73 Å². The zero-order valence-electron chi connectivity index (χ0n) is 12.4. The van der Waals surface area contributed by atoms with Crippen LogP contribution in [-0.2, 0) is 4.74 Å². The molecule has 3 atom stereocenters. The van der Waals surface area contributed by atoms with Crippen LogP contribution in [0.4, 0.5) is 0 Å². The number of likely N-dealkylation sites (N-methyl/N-ethyl adjacent to an activating group) is 1. The maximum absolute atomic E-state index is 6.16. The van der Waals surface area contributed by atoms with E-state index in [1.54, 1.807) is 0 Å². The first-order valence-electron chi connectivity index (χ1n) is 7.10. The van der Waals surface area contributed by atoms with Crippen LogP contribution in [-0.4, -0.2) is 36.2 Å². The predicted octanol–water partition coefficient (Wildman–Crippen LogP) is 3.03. The lowest BCUT2D eigenvalue weighted by Gasteiger charge is -2.50. The molecule has 19 heavy (non-hydrogen) atoms. The number of thiophene rings is 1. The fourth-order valence-electron chi connectivity index (χ4n) is 3.38. The predicted molar refractivity (Wildman–Crippen MR) is 81.5 cm³/mol. The van der Waals surface area contributed by atoms with Crippen molar-refractivity contribution in [3.8, 4) is 0 Å². The van der Waals surface area contributed by atoms with E-state index in [4.69, 9.17) is 10.5 Å². The lowest BCUT2D eigenvalue weighted by atomic mass is 9.82. The summed E-state index contributed by atoms with van der Waals surface area (Å²) in [7, 11) is 2.21. The highest BCUT2D eigenvalue weighted by molar-refractivity contribution is 7.10. The van der Waals surface area contributed by atoms with Gasteiger partial charge in [0.2, 0.25) is 0 Å². The van der Waals surface area contributed by atoms with E-state index >= 15 is 0 Å². The van der Waals surface area contributed by atoms with Crippen LogP contribution in [0.25, 0.3) is 0 Å².